The molecule has 0 aromatic heterocycles. The Morgan fingerprint density at radius 1 is 0.641 bits per heavy atom. The number of ether oxygens (including phenoxy) is 8. The van der Waals surface area contributed by atoms with Crippen LogP contribution >= 0.6 is 0 Å². The van der Waals surface area contributed by atoms with Gasteiger partial charge >= 0.3 is 24.2 Å². The Balaban J connectivity index is 0.870. The molecule has 2 saturated heterocycles. The molecule has 2 fully saturated rings. The topological polar surface area (TPSA) is 189 Å². The molecule has 64 heavy (non-hydrogen) atoms. The maximum atomic E-state index is 13.7. The smallest absolute Gasteiger partial charge is 0.477 e. The molecule has 0 unspecified atom stereocenters. The van der Waals surface area contributed by atoms with Crippen molar-refractivity contribution in [2.75, 3.05) is 27.2 Å². The van der Waals surface area contributed by atoms with Crippen LogP contribution in [0.4, 0.5) is 9.59 Å². The molecule has 10 rings (SSSR count). The summed E-state index contributed by atoms with van der Waals surface area (Å²) in [5.41, 5.74) is -2.83. The minimum absolute atomic E-state index is 0.140. The second-order valence-corrected chi connectivity index (χ2v) is 20.7. The molecule has 2 N–H and O–H groups in total. The zero-order valence-corrected chi connectivity index (χ0v) is 37.5. The van der Waals surface area contributed by atoms with E-state index in [-0.39, 0.29) is 60.8 Å². The molecule has 0 saturated carbocycles. The van der Waals surface area contributed by atoms with Crippen LogP contribution in [0, 0.1) is 0 Å². The number of aliphatic hydroxyl groups is 2. The molecule has 4 bridgehead atoms. The van der Waals surface area contributed by atoms with Gasteiger partial charge in [0.05, 0.1) is 34.9 Å². The molecule has 0 radical (unpaired) electrons. The van der Waals surface area contributed by atoms with E-state index in [0.717, 1.165) is 22.3 Å². The van der Waals surface area contributed by atoms with E-state index in [4.69, 9.17) is 37.9 Å². The number of hydrogen-bond donors (Lipinski definition) is 2. The molecule has 4 heterocycles. The first-order valence-corrected chi connectivity index (χ1v) is 22.2. The summed E-state index contributed by atoms with van der Waals surface area (Å²) in [6, 6.07) is 6.60. The largest absolute Gasteiger partial charge is 0.514 e. The van der Waals surface area contributed by atoms with Crippen LogP contribution in [0.2, 0.25) is 0 Å². The maximum absolute atomic E-state index is 13.7. The summed E-state index contributed by atoms with van der Waals surface area (Å²) in [4.78, 5) is 57.5. The first-order chi connectivity index (χ1) is 30.1. The van der Waals surface area contributed by atoms with Gasteiger partial charge in [-0.05, 0) is 130 Å². The summed E-state index contributed by atoms with van der Waals surface area (Å²) < 4.78 is 47.6. The summed E-state index contributed by atoms with van der Waals surface area (Å²) in [5.74, 6) is -0.112. The number of nitrogens with zero attached hydrogens (tertiary/aromatic N) is 2. The molecule has 2 aromatic rings. The number of likely N-dealkylation sites (N-methyl/N-ethyl adjacent to an activating group) is 2. The molecule has 16 heteroatoms. The standard InChI is InChI=1S/C48H56N2O14/c1-43(2,3)63-41(53)59-27-11-9-25-23-31-47(55)17-15-29(39-45(47,19-21-49(31)7)35(25)37(27)61-39)57-33(51)13-14-34(52)58-30-16-18-48(56)32-24-26-10-12-28(60-42(54)64-44(4,5)6)38-36(26)46(48,40(30)62-38)20-22-50(32)8/h9-12,15-16,31-32,39-40,55-56H,13-14,17-24H2,1-8H3/t31-,32-,39+,40+,45+,46+,47-,48-/m1/s1. The predicted octanol–water partition coefficient (Wildman–Crippen LogP) is 5.44. The molecule has 342 valence electrons. The van der Waals surface area contributed by atoms with Crippen molar-refractivity contribution >= 4 is 24.2 Å². The van der Waals surface area contributed by atoms with Gasteiger partial charge in [0.2, 0.25) is 0 Å². The van der Waals surface area contributed by atoms with Gasteiger partial charge in [0.1, 0.15) is 22.7 Å². The van der Waals surface area contributed by atoms with E-state index < -0.39 is 69.7 Å². The number of rotatable bonds is 7. The quantitative estimate of drug-likeness (QED) is 0.203. The van der Waals surface area contributed by atoms with Crippen LogP contribution in [0.15, 0.2) is 47.9 Å². The van der Waals surface area contributed by atoms with E-state index in [1.807, 2.05) is 26.2 Å². The molecule has 2 spiro atoms. The van der Waals surface area contributed by atoms with Gasteiger partial charge in [-0.1, -0.05) is 12.1 Å². The van der Waals surface area contributed by atoms with Crippen LogP contribution in [0.3, 0.4) is 0 Å². The first kappa shape index (κ1) is 42.8. The Bertz CT molecular complexity index is 2280. The van der Waals surface area contributed by atoms with Crippen LogP contribution < -0.4 is 18.9 Å². The van der Waals surface area contributed by atoms with Crippen molar-refractivity contribution < 1.29 is 67.3 Å². The van der Waals surface area contributed by atoms with Crippen molar-refractivity contribution in [3.8, 4) is 23.0 Å². The van der Waals surface area contributed by atoms with Gasteiger partial charge in [0, 0.05) is 36.1 Å². The Morgan fingerprint density at radius 3 is 1.41 bits per heavy atom. The molecule has 2 aromatic carbocycles. The van der Waals surface area contributed by atoms with E-state index in [2.05, 4.69) is 9.80 Å². The van der Waals surface area contributed by atoms with E-state index in [1.54, 1.807) is 65.8 Å². The predicted molar refractivity (Wildman–Crippen MR) is 225 cm³/mol. The Kier molecular flexibility index (Phi) is 9.47. The number of hydrogen-bond acceptors (Lipinski definition) is 16. The lowest BCUT2D eigenvalue weighted by Crippen LogP contribution is -2.74. The van der Waals surface area contributed by atoms with Crippen molar-refractivity contribution in [1.29, 1.82) is 0 Å². The number of carbonyl (C=O) groups excluding carboxylic acids is 4. The van der Waals surface area contributed by atoms with E-state index in [0.29, 0.717) is 50.3 Å². The third-order valence-corrected chi connectivity index (χ3v) is 14.8. The van der Waals surface area contributed by atoms with Crippen LogP contribution in [-0.2, 0) is 52.2 Å². The van der Waals surface area contributed by atoms with E-state index in [9.17, 15) is 29.4 Å². The average Bonchev–Trinajstić information content (AvgIpc) is 3.74. The highest BCUT2D eigenvalue weighted by Crippen LogP contribution is 2.67. The SMILES string of the molecule is CN1CC[C@]23c4c5ccc(OC(=O)OC(C)(C)C)c4O[C@H]2C(OC(=O)CCC(=O)OC2=CC[C@@]4(O)[C@H]6Cc7ccc(OC(=O)OC(C)(C)C)c8c7[C@@]4(CCN6C)[C@H]2O8)=CC[C@@]3(O)[C@H]1C5. The number of benzene rings is 2. The van der Waals surface area contributed by atoms with E-state index >= 15 is 0 Å². The number of carbonyl (C=O) groups is 4. The summed E-state index contributed by atoms with van der Waals surface area (Å²) in [5, 5.41) is 25.3. The Labute approximate surface area is 371 Å². The van der Waals surface area contributed by atoms with Crippen LogP contribution in [-0.4, -0.2) is 118 Å². The fraction of sp³-hybridized carbons (Fsp3) is 0.583. The van der Waals surface area contributed by atoms with E-state index in [1.165, 1.54) is 0 Å². The zero-order chi connectivity index (χ0) is 45.5. The molecule has 0 amide bonds. The molecule has 4 aliphatic carbocycles. The van der Waals surface area contributed by atoms with Gasteiger partial charge in [0.15, 0.2) is 35.2 Å². The molecule has 8 atom stereocenters. The fourth-order valence-corrected chi connectivity index (χ4v) is 12.3. The van der Waals surface area contributed by atoms with Crippen molar-refractivity contribution in [1.82, 2.24) is 9.80 Å². The first-order valence-electron chi connectivity index (χ1n) is 22.2. The lowest BCUT2D eigenvalue weighted by atomic mass is 9.50. The Morgan fingerprint density at radius 2 is 1.03 bits per heavy atom. The summed E-state index contributed by atoms with van der Waals surface area (Å²) >= 11 is 0. The van der Waals surface area contributed by atoms with Crippen LogP contribution in [0.1, 0.15) is 102 Å². The number of piperidine rings is 2. The second kappa shape index (κ2) is 14.2. The highest BCUT2D eigenvalue weighted by atomic mass is 16.7. The summed E-state index contributed by atoms with van der Waals surface area (Å²) in [6.45, 7) is 11.7. The van der Waals surface area contributed by atoms with Gasteiger partial charge < -0.3 is 57.9 Å². The minimum Gasteiger partial charge on any atom is -0.477 e. The second-order valence-electron chi connectivity index (χ2n) is 20.7. The molecular weight excluding hydrogens is 829 g/mol. The third-order valence-electron chi connectivity index (χ3n) is 14.8. The normalized spacial score (nSPS) is 32.7. The number of likely N-dealkylation sites (tertiary alicyclic amines) is 2. The van der Waals surface area contributed by atoms with Crippen molar-refractivity contribution in [3.63, 3.8) is 0 Å². The van der Waals surface area contributed by atoms with Gasteiger partial charge in [-0.2, -0.15) is 0 Å². The van der Waals surface area contributed by atoms with Gasteiger partial charge in [-0.15, -0.1) is 0 Å². The van der Waals surface area contributed by atoms with Crippen molar-refractivity contribution in [2.45, 2.75) is 150 Å². The van der Waals surface area contributed by atoms with Crippen LogP contribution in [0.25, 0.3) is 0 Å². The summed E-state index contributed by atoms with van der Waals surface area (Å²) in [7, 11) is 3.97. The van der Waals surface area contributed by atoms with Crippen molar-refractivity contribution in [2.24, 2.45) is 0 Å². The Hall–Kier alpha value is -5.16. The molecule has 4 aliphatic heterocycles. The minimum atomic E-state index is -1.29. The monoisotopic (exact) mass is 884 g/mol. The highest BCUT2D eigenvalue weighted by Gasteiger charge is 2.74. The maximum Gasteiger partial charge on any atom is 0.514 e. The lowest BCUT2D eigenvalue weighted by Gasteiger charge is -2.61. The molecular formula is C48H56N2O14. The van der Waals surface area contributed by atoms with Gasteiger partial charge in [0.25, 0.3) is 0 Å². The fourth-order valence-electron chi connectivity index (χ4n) is 12.3. The van der Waals surface area contributed by atoms with Gasteiger partial charge in [-0.25, -0.2) is 9.59 Å². The number of esters is 2. The van der Waals surface area contributed by atoms with Crippen LogP contribution in [0.5, 0.6) is 23.0 Å². The average molecular weight is 885 g/mol. The van der Waals surface area contributed by atoms with Crippen molar-refractivity contribution in [3.05, 3.63) is 70.2 Å². The third kappa shape index (κ3) is 6.14. The van der Waals surface area contributed by atoms with Gasteiger partial charge in [-0.3, -0.25) is 9.59 Å². The summed E-state index contributed by atoms with van der Waals surface area (Å²) in [6.07, 6.45) is 1.44. The lowest BCUT2D eigenvalue weighted by molar-refractivity contribution is -0.171. The molecule has 8 aliphatic rings. The highest BCUT2D eigenvalue weighted by molar-refractivity contribution is 5.80. The molecule has 16 nitrogen and oxygen atoms in total. The zero-order valence-electron chi connectivity index (χ0n) is 37.5.